The fraction of sp³-hybridized carbons (Fsp3) is 0.875. The summed E-state index contributed by atoms with van der Waals surface area (Å²) < 4.78 is 0. The highest BCUT2D eigenvalue weighted by molar-refractivity contribution is 5.85. The second-order valence-corrected chi connectivity index (χ2v) is 6.75. The van der Waals surface area contributed by atoms with E-state index in [2.05, 4.69) is 6.07 Å². The summed E-state index contributed by atoms with van der Waals surface area (Å²) in [7, 11) is 0. The van der Waals surface area contributed by atoms with Crippen molar-refractivity contribution >= 4 is 5.91 Å². The molecule has 2 rings (SSSR count). The van der Waals surface area contributed by atoms with Crippen molar-refractivity contribution in [2.75, 3.05) is 13.1 Å². The van der Waals surface area contributed by atoms with Crippen LogP contribution in [0.25, 0.3) is 0 Å². The van der Waals surface area contributed by atoms with E-state index in [9.17, 15) is 15.2 Å². The van der Waals surface area contributed by atoms with Gasteiger partial charge in [0.25, 0.3) is 0 Å². The molecular formula is C16H26N2O2. The van der Waals surface area contributed by atoms with Gasteiger partial charge in [-0.3, -0.25) is 4.79 Å². The Kier molecular flexibility index (Phi) is 4.70. The lowest BCUT2D eigenvalue weighted by atomic mass is 9.80. The highest BCUT2D eigenvalue weighted by atomic mass is 16.3. The number of carbonyl (C=O) groups excluding carboxylic acids is 1. The number of amides is 1. The molecule has 0 aromatic heterocycles. The number of carbonyl (C=O) groups is 1. The van der Waals surface area contributed by atoms with Gasteiger partial charge in [-0.2, -0.15) is 5.26 Å². The molecule has 1 saturated carbocycles. The number of rotatable bonds is 1. The van der Waals surface area contributed by atoms with Crippen LogP contribution in [-0.4, -0.2) is 34.6 Å². The molecule has 112 valence electrons. The minimum absolute atomic E-state index is 0.0135. The Morgan fingerprint density at radius 3 is 2.30 bits per heavy atom. The van der Waals surface area contributed by atoms with Gasteiger partial charge in [-0.25, -0.2) is 0 Å². The molecule has 1 saturated heterocycles. The smallest absolute Gasteiger partial charge is 0.243 e. The lowest BCUT2D eigenvalue weighted by Crippen LogP contribution is -2.44. The standard InChI is InChI=1S/C16H26N2O2/c1-15(20)7-6-11-18(12-10-15)14(19)16(13-17)8-4-2-3-5-9-16/h20H,2-12H2,1H3. The van der Waals surface area contributed by atoms with E-state index < -0.39 is 11.0 Å². The summed E-state index contributed by atoms with van der Waals surface area (Å²) in [4.78, 5) is 14.7. The molecule has 1 aliphatic carbocycles. The maximum absolute atomic E-state index is 12.8. The Balaban J connectivity index is 2.10. The first-order chi connectivity index (χ1) is 9.49. The Morgan fingerprint density at radius 1 is 1.05 bits per heavy atom. The third-order valence-corrected chi connectivity index (χ3v) is 4.93. The molecule has 4 heteroatoms. The maximum atomic E-state index is 12.8. The van der Waals surface area contributed by atoms with E-state index in [0.29, 0.717) is 32.4 Å². The fourth-order valence-corrected chi connectivity index (χ4v) is 3.47. The predicted molar refractivity (Wildman–Crippen MR) is 76.8 cm³/mol. The Morgan fingerprint density at radius 2 is 1.70 bits per heavy atom. The van der Waals surface area contributed by atoms with Gasteiger partial charge < -0.3 is 10.0 Å². The summed E-state index contributed by atoms with van der Waals surface area (Å²) in [6.45, 7) is 3.10. The van der Waals surface area contributed by atoms with Gasteiger partial charge in [-0.05, 0) is 39.0 Å². The summed E-state index contributed by atoms with van der Waals surface area (Å²) in [6, 6.07) is 2.34. The molecule has 0 aromatic rings. The van der Waals surface area contributed by atoms with Crippen LogP contribution in [0, 0.1) is 16.7 Å². The van der Waals surface area contributed by atoms with Crippen molar-refractivity contribution in [3.8, 4) is 6.07 Å². The van der Waals surface area contributed by atoms with E-state index in [1.165, 1.54) is 0 Å². The minimum atomic E-state index is -0.799. The molecule has 0 aromatic carbocycles. The topological polar surface area (TPSA) is 64.3 Å². The lowest BCUT2D eigenvalue weighted by Gasteiger charge is -2.31. The molecule has 1 unspecified atom stereocenters. The predicted octanol–water partition coefficient (Wildman–Crippen LogP) is 2.61. The second kappa shape index (κ2) is 6.13. The van der Waals surface area contributed by atoms with Crippen LogP contribution in [0.3, 0.4) is 0 Å². The van der Waals surface area contributed by atoms with Crippen LogP contribution in [-0.2, 0) is 4.79 Å². The van der Waals surface area contributed by atoms with Crippen molar-refractivity contribution in [1.29, 1.82) is 5.26 Å². The van der Waals surface area contributed by atoms with Crippen molar-refractivity contribution in [1.82, 2.24) is 4.90 Å². The van der Waals surface area contributed by atoms with E-state index >= 15 is 0 Å². The van der Waals surface area contributed by atoms with E-state index in [0.717, 1.165) is 38.5 Å². The molecule has 2 aliphatic rings. The third kappa shape index (κ3) is 3.32. The van der Waals surface area contributed by atoms with Crippen molar-refractivity contribution in [2.45, 2.75) is 70.3 Å². The minimum Gasteiger partial charge on any atom is -0.390 e. The van der Waals surface area contributed by atoms with Gasteiger partial charge in [0.05, 0.1) is 11.7 Å². The van der Waals surface area contributed by atoms with Gasteiger partial charge in [0.1, 0.15) is 5.41 Å². The first-order valence-corrected chi connectivity index (χ1v) is 7.92. The molecule has 1 heterocycles. The average molecular weight is 278 g/mol. The van der Waals surface area contributed by atoms with Gasteiger partial charge in [0.15, 0.2) is 0 Å². The van der Waals surface area contributed by atoms with Gasteiger partial charge >= 0.3 is 0 Å². The van der Waals surface area contributed by atoms with Crippen LogP contribution in [0.15, 0.2) is 0 Å². The van der Waals surface area contributed by atoms with Crippen LogP contribution >= 0.6 is 0 Å². The molecule has 0 radical (unpaired) electrons. The maximum Gasteiger partial charge on any atom is 0.243 e. The highest BCUT2D eigenvalue weighted by Gasteiger charge is 2.42. The zero-order valence-corrected chi connectivity index (χ0v) is 12.5. The summed E-state index contributed by atoms with van der Waals surface area (Å²) in [5, 5.41) is 19.7. The lowest BCUT2D eigenvalue weighted by molar-refractivity contribution is -0.139. The number of likely N-dealkylation sites (tertiary alicyclic amines) is 1. The number of nitriles is 1. The van der Waals surface area contributed by atoms with Crippen molar-refractivity contribution < 1.29 is 9.90 Å². The van der Waals surface area contributed by atoms with Crippen molar-refractivity contribution in [3.05, 3.63) is 0 Å². The summed E-state index contributed by atoms with van der Waals surface area (Å²) >= 11 is 0. The normalized spacial score (nSPS) is 30.9. The second-order valence-electron chi connectivity index (χ2n) is 6.75. The van der Waals surface area contributed by atoms with Crippen LogP contribution in [0.4, 0.5) is 0 Å². The van der Waals surface area contributed by atoms with E-state index in [4.69, 9.17) is 0 Å². The number of hydrogen-bond acceptors (Lipinski definition) is 3. The van der Waals surface area contributed by atoms with E-state index in [1.807, 2.05) is 11.8 Å². The largest absolute Gasteiger partial charge is 0.390 e. The van der Waals surface area contributed by atoms with Crippen LogP contribution < -0.4 is 0 Å². The molecule has 2 fully saturated rings. The van der Waals surface area contributed by atoms with Crippen LogP contribution in [0.2, 0.25) is 0 Å². The van der Waals surface area contributed by atoms with Crippen LogP contribution in [0.1, 0.15) is 64.7 Å². The number of nitrogens with zero attached hydrogens (tertiary/aromatic N) is 2. The number of hydrogen-bond donors (Lipinski definition) is 1. The molecule has 20 heavy (non-hydrogen) atoms. The molecule has 0 bridgehead atoms. The van der Waals surface area contributed by atoms with Gasteiger partial charge in [0, 0.05) is 13.1 Å². The quantitative estimate of drug-likeness (QED) is 0.750. The zero-order valence-electron chi connectivity index (χ0n) is 12.5. The molecule has 1 amide bonds. The molecular weight excluding hydrogens is 252 g/mol. The zero-order chi connectivity index (χ0) is 14.6. The number of aliphatic hydroxyl groups is 1. The summed E-state index contributed by atoms with van der Waals surface area (Å²) in [5.41, 5.74) is -1.47. The van der Waals surface area contributed by atoms with E-state index in [-0.39, 0.29) is 5.91 Å². The first-order valence-electron chi connectivity index (χ1n) is 7.92. The monoisotopic (exact) mass is 278 g/mol. The van der Waals surface area contributed by atoms with Gasteiger partial charge in [-0.15, -0.1) is 0 Å². The van der Waals surface area contributed by atoms with E-state index in [1.54, 1.807) is 0 Å². The summed E-state index contributed by atoms with van der Waals surface area (Å²) in [5.74, 6) is 0.0135. The third-order valence-electron chi connectivity index (χ3n) is 4.93. The highest BCUT2D eigenvalue weighted by Crippen LogP contribution is 2.37. The molecule has 0 spiro atoms. The molecule has 4 nitrogen and oxygen atoms in total. The molecule has 1 aliphatic heterocycles. The Labute approximate surface area is 121 Å². The Bertz CT molecular complexity index is 390. The first kappa shape index (κ1) is 15.3. The van der Waals surface area contributed by atoms with Crippen LogP contribution in [0.5, 0.6) is 0 Å². The van der Waals surface area contributed by atoms with Crippen molar-refractivity contribution in [3.63, 3.8) is 0 Å². The molecule has 1 atom stereocenters. The molecule has 1 N–H and O–H groups in total. The fourth-order valence-electron chi connectivity index (χ4n) is 3.47. The van der Waals surface area contributed by atoms with Gasteiger partial charge in [0.2, 0.25) is 5.91 Å². The SMILES string of the molecule is CC1(O)CCCN(C(=O)C2(C#N)CCCCCC2)CC1. The van der Waals surface area contributed by atoms with Gasteiger partial charge in [-0.1, -0.05) is 25.7 Å². The van der Waals surface area contributed by atoms with Crippen molar-refractivity contribution in [2.24, 2.45) is 5.41 Å². The average Bonchev–Trinajstić information content (AvgIpc) is 2.76. The summed E-state index contributed by atoms with van der Waals surface area (Å²) in [6.07, 6.45) is 7.79. The Hall–Kier alpha value is -1.08.